The Bertz CT molecular complexity index is 1050. The van der Waals surface area contributed by atoms with Crippen molar-refractivity contribution in [3.63, 3.8) is 0 Å². The number of hydrogen-bond acceptors (Lipinski definition) is 4. The zero-order chi connectivity index (χ0) is 21.8. The number of halogens is 2. The van der Waals surface area contributed by atoms with Crippen LogP contribution in [-0.4, -0.2) is 16.6 Å². The van der Waals surface area contributed by atoms with E-state index in [9.17, 15) is 9.59 Å². The summed E-state index contributed by atoms with van der Waals surface area (Å²) >= 11 is 12.1. The van der Waals surface area contributed by atoms with E-state index in [2.05, 4.69) is 18.8 Å². The fraction of sp³-hybridized carbons (Fsp3) is 0.458. The van der Waals surface area contributed by atoms with Gasteiger partial charge in [-0.05, 0) is 54.0 Å². The summed E-state index contributed by atoms with van der Waals surface area (Å²) in [5, 5.41) is 0.708. The highest BCUT2D eigenvalue weighted by Crippen LogP contribution is 2.62. The van der Waals surface area contributed by atoms with Crippen LogP contribution in [0.15, 0.2) is 30.5 Å². The molecule has 3 unspecified atom stereocenters. The van der Waals surface area contributed by atoms with E-state index in [1.54, 1.807) is 12.1 Å². The predicted molar refractivity (Wildman–Crippen MR) is 118 cm³/mol. The SMILES string of the molecule is CCc1ccc(Oc2ncc(Cl)cc2Cl)cc1C1C(=O)C2CCC(C)(C1=O)C2(C)C. The van der Waals surface area contributed by atoms with Crippen molar-refractivity contribution in [2.24, 2.45) is 16.7 Å². The van der Waals surface area contributed by atoms with Crippen LogP contribution in [0.1, 0.15) is 57.6 Å². The highest BCUT2D eigenvalue weighted by molar-refractivity contribution is 6.35. The molecule has 2 aliphatic rings. The molecule has 0 radical (unpaired) electrons. The number of rotatable bonds is 4. The maximum Gasteiger partial charge on any atom is 0.238 e. The third-order valence-corrected chi connectivity index (χ3v) is 7.94. The molecule has 2 aromatic rings. The van der Waals surface area contributed by atoms with Crippen LogP contribution < -0.4 is 4.74 Å². The van der Waals surface area contributed by atoms with Gasteiger partial charge < -0.3 is 4.74 Å². The average molecular weight is 446 g/mol. The Labute approximate surface area is 186 Å². The van der Waals surface area contributed by atoms with E-state index in [0.717, 1.165) is 30.4 Å². The van der Waals surface area contributed by atoms with Gasteiger partial charge in [0.2, 0.25) is 5.88 Å². The van der Waals surface area contributed by atoms with Crippen LogP contribution in [0, 0.1) is 16.7 Å². The molecule has 158 valence electrons. The van der Waals surface area contributed by atoms with Gasteiger partial charge in [-0.25, -0.2) is 4.98 Å². The zero-order valence-electron chi connectivity index (χ0n) is 17.6. The summed E-state index contributed by atoms with van der Waals surface area (Å²) < 4.78 is 5.88. The molecule has 2 saturated carbocycles. The number of ketones is 2. The number of benzene rings is 1. The third-order valence-electron chi connectivity index (χ3n) is 7.46. The van der Waals surface area contributed by atoms with Crippen molar-refractivity contribution in [2.45, 2.75) is 52.9 Å². The molecule has 1 aromatic heterocycles. The second-order valence-electron chi connectivity index (χ2n) is 9.10. The lowest BCUT2D eigenvalue weighted by Gasteiger charge is -2.46. The largest absolute Gasteiger partial charge is 0.438 e. The van der Waals surface area contributed by atoms with Gasteiger partial charge in [-0.15, -0.1) is 0 Å². The Morgan fingerprint density at radius 2 is 1.90 bits per heavy atom. The van der Waals surface area contributed by atoms with Crippen LogP contribution in [0.2, 0.25) is 10.0 Å². The highest BCUT2D eigenvalue weighted by Gasteiger charge is 2.64. The summed E-state index contributed by atoms with van der Waals surface area (Å²) in [6, 6.07) is 7.08. The second kappa shape index (κ2) is 7.35. The number of aromatic nitrogens is 1. The van der Waals surface area contributed by atoms with Gasteiger partial charge in [0.05, 0.1) is 5.02 Å². The van der Waals surface area contributed by atoms with E-state index < -0.39 is 11.3 Å². The number of carbonyl (C=O) groups excluding carboxylic acids is 2. The lowest BCUT2D eigenvalue weighted by atomic mass is 9.54. The van der Waals surface area contributed by atoms with Crippen LogP contribution in [-0.2, 0) is 16.0 Å². The Hall–Kier alpha value is -1.91. The van der Waals surface area contributed by atoms with E-state index in [-0.39, 0.29) is 28.8 Å². The summed E-state index contributed by atoms with van der Waals surface area (Å²) in [7, 11) is 0. The van der Waals surface area contributed by atoms with Gasteiger partial charge in [0, 0.05) is 17.5 Å². The Morgan fingerprint density at radius 1 is 1.17 bits per heavy atom. The van der Waals surface area contributed by atoms with Crippen LogP contribution in [0.5, 0.6) is 11.6 Å². The molecule has 3 atom stereocenters. The molecule has 4 nitrogen and oxygen atoms in total. The minimum Gasteiger partial charge on any atom is -0.438 e. The molecule has 0 amide bonds. The normalized spacial score (nSPS) is 27.4. The number of pyridine rings is 1. The van der Waals surface area contributed by atoms with Crippen molar-refractivity contribution in [2.75, 3.05) is 0 Å². The van der Waals surface area contributed by atoms with Crippen LogP contribution in [0.4, 0.5) is 0 Å². The molecular formula is C24H25Cl2NO3. The van der Waals surface area contributed by atoms with Gasteiger partial charge in [-0.1, -0.05) is 57.0 Å². The minimum absolute atomic E-state index is 0.0285. The number of ether oxygens (including phenoxy) is 1. The first kappa shape index (κ1) is 21.3. The number of carbonyl (C=O) groups is 2. The summed E-state index contributed by atoms with van der Waals surface area (Å²) in [6.07, 6.45) is 3.70. The maximum atomic E-state index is 13.7. The fourth-order valence-corrected chi connectivity index (χ4v) is 5.62. The van der Waals surface area contributed by atoms with Gasteiger partial charge in [0.1, 0.15) is 16.7 Å². The summed E-state index contributed by atoms with van der Waals surface area (Å²) in [5.74, 6) is -0.0719. The molecule has 4 rings (SSSR count). The summed E-state index contributed by atoms with van der Waals surface area (Å²) in [4.78, 5) is 31.3. The molecule has 6 heteroatoms. The molecule has 2 aliphatic carbocycles. The molecule has 1 heterocycles. The van der Waals surface area contributed by atoms with E-state index in [1.807, 2.05) is 26.0 Å². The van der Waals surface area contributed by atoms with Crippen LogP contribution >= 0.6 is 23.2 Å². The van der Waals surface area contributed by atoms with Crippen LogP contribution in [0.3, 0.4) is 0 Å². The van der Waals surface area contributed by atoms with E-state index in [4.69, 9.17) is 27.9 Å². The molecule has 2 fully saturated rings. The number of nitrogens with zero attached hydrogens (tertiary/aromatic N) is 1. The van der Waals surface area contributed by atoms with Crippen molar-refractivity contribution >= 4 is 34.8 Å². The Kier molecular flexibility index (Phi) is 5.22. The first-order valence-electron chi connectivity index (χ1n) is 10.3. The van der Waals surface area contributed by atoms with Gasteiger partial charge >= 0.3 is 0 Å². The number of hydrogen-bond donors (Lipinski definition) is 0. The quantitative estimate of drug-likeness (QED) is 0.509. The summed E-state index contributed by atoms with van der Waals surface area (Å²) in [6.45, 7) is 8.17. The van der Waals surface area contributed by atoms with Crippen LogP contribution in [0.25, 0.3) is 0 Å². The minimum atomic E-state index is -0.748. The van der Waals surface area contributed by atoms with E-state index >= 15 is 0 Å². The van der Waals surface area contributed by atoms with E-state index in [1.165, 1.54) is 6.20 Å². The molecule has 0 saturated heterocycles. The standard InChI is InChI=1S/C24H25Cl2NO3/c1-5-13-6-7-15(30-22-18(26)10-14(25)12-27-22)11-16(13)19-20(28)17-8-9-24(4,21(19)29)23(17,2)3/h6-7,10-12,17,19H,5,8-9H2,1-4H3. The fourth-order valence-electron chi connectivity index (χ4n) is 5.20. The number of Topliss-reactive ketones (excluding diaryl/α,β-unsaturated/α-hetero) is 2. The highest BCUT2D eigenvalue weighted by atomic mass is 35.5. The molecule has 2 bridgehead atoms. The zero-order valence-corrected chi connectivity index (χ0v) is 19.1. The smallest absolute Gasteiger partial charge is 0.238 e. The maximum absolute atomic E-state index is 13.7. The van der Waals surface area contributed by atoms with Gasteiger partial charge in [0.15, 0.2) is 11.6 Å². The third kappa shape index (κ3) is 3.07. The second-order valence-corrected chi connectivity index (χ2v) is 9.95. The lowest BCUT2D eigenvalue weighted by molar-refractivity contribution is -0.149. The Balaban J connectivity index is 1.76. The van der Waals surface area contributed by atoms with Crippen molar-refractivity contribution < 1.29 is 14.3 Å². The number of fused-ring (bicyclic) bond motifs is 2. The molecule has 0 N–H and O–H groups in total. The monoisotopic (exact) mass is 445 g/mol. The summed E-state index contributed by atoms with van der Waals surface area (Å²) in [5.41, 5.74) is 0.897. The van der Waals surface area contributed by atoms with E-state index in [0.29, 0.717) is 15.8 Å². The molecule has 0 aliphatic heterocycles. The van der Waals surface area contributed by atoms with Crippen molar-refractivity contribution in [1.29, 1.82) is 0 Å². The topological polar surface area (TPSA) is 56.3 Å². The van der Waals surface area contributed by atoms with Gasteiger partial charge in [0.25, 0.3) is 0 Å². The molecule has 1 aromatic carbocycles. The van der Waals surface area contributed by atoms with Gasteiger partial charge in [-0.3, -0.25) is 9.59 Å². The first-order chi connectivity index (χ1) is 14.1. The molecular weight excluding hydrogens is 421 g/mol. The van der Waals surface area contributed by atoms with Crippen molar-refractivity contribution in [1.82, 2.24) is 4.98 Å². The van der Waals surface area contributed by atoms with Gasteiger partial charge in [-0.2, -0.15) is 0 Å². The molecule has 0 spiro atoms. The first-order valence-corrected chi connectivity index (χ1v) is 11.1. The average Bonchev–Trinajstić information content (AvgIpc) is 2.87. The van der Waals surface area contributed by atoms with Crippen molar-refractivity contribution in [3.05, 3.63) is 51.6 Å². The lowest BCUT2D eigenvalue weighted by Crippen LogP contribution is -2.52. The number of aryl methyl sites for hydroxylation is 1. The Morgan fingerprint density at radius 3 is 2.57 bits per heavy atom. The van der Waals surface area contributed by atoms with Crippen molar-refractivity contribution in [3.8, 4) is 11.6 Å². The predicted octanol–water partition coefficient (Wildman–Crippen LogP) is 6.42. The molecule has 30 heavy (non-hydrogen) atoms.